The third kappa shape index (κ3) is 6.47. The molecule has 228 valence electrons. The fourth-order valence-corrected chi connectivity index (χ4v) is 6.42. The maximum atomic E-state index is 2.31. The van der Waals surface area contributed by atoms with Gasteiger partial charge in [-0.3, -0.25) is 0 Å². The molecule has 0 radical (unpaired) electrons. The molecule has 0 saturated carbocycles. The molecule has 0 aliphatic carbocycles. The van der Waals surface area contributed by atoms with Gasteiger partial charge < -0.3 is 0 Å². The summed E-state index contributed by atoms with van der Waals surface area (Å²) in [5.41, 5.74) is 9.81. The van der Waals surface area contributed by atoms with Crippen LogP contribution in [0.4, 0.5) is 0 Å². The van der Waals surface area contributed by atoms with Crippen molar-refractivity contribution in [3.8, 4) is 0 Å². The summed E-state index contributed by atoms with van der Waals surface area (Å²) in [6, 6.07) is 53.4. The topological polar surface area (TPSA) is 0 Å². The summed E-state index contributed by atoms with van der Waals surface area (Å²) in [4.78, 5) is 0. The summed E-state index contributed by atoms with van der Waals surface area (Å²) < 4.78 is 0. The van der Waals surface area contributed by atoms with Crippen LogP contribution in [0.1, 0.15) is 44.5 Å². The first kappa shape index (κ1) is 29.4. The molecule has 0 aliphatic heterocycles. The van der Waals surface area contributed by atoms with Crippen LogP contribution >= 0.6 is 0 Å². The third-order valence-corrected chi connectivity index (χ3v) is 9.25. The highest BCUT2D eigenvalue weighted by molar-refractivity contribution is 6.01. The first-order valence-corrected chi connectivity index (χ1v) is 16.6. The number of benzene rings is 8. The minimum Gasteiger partial charge on any atom is -0.0587 e. The molecule has 0 heterocycles. The Labute approximate surface area is 282 Å². The molecule has 8 aromatic rings. The zero-order chi connectivity index (χ0) is 32.5. The lowest BCUT2D eigenvalue weighted by Crippen LogP contribution is -1.81. The summed E-state index contributed by atoms with van der Waals surface area (Å²) in [6.07, 6.45) is 13.2. The van der Waals surface area contributed by atoms with E-state index in [1.54, 1.807) is 0 Å². The van der Waals surface area contributed by atoms with Gasteiger partial charge in [0, 0.05) is 0 Å². The van der Waals surface area contributed by atoms with Gasteiger partial charge in [-0.25, -0.2) is 0 Å². The first-order valence-electron chi connectivity index (χ1n) is 16.6. The first-order chi connectivity index (χ1) is 23.5. The number of rotatable bonds is 6. The van der Waals surface area contributed by atoms with Crippen molar-refractivity contribution in [1.82, 2.24) is 0 Å². The van der Waals surface area contributed by atoms with E-state index in [1.165, 1.54) is 87.6 Å². The van der Waals surface area contributed by atoms with Gasteiger partial charge in [-0.05, 0) is 139 Å². The molecule has 0 aliphatic rings. The maximum Gasteiger partial charge on any atom is -0.0172 e. The summed E-state index contributed by atoms with van der Waals surface area (Å²) >= 11 is 0. The van der Waals surface area contributed by atoms with E-state index in [-0.39, 0.29) is 0 Å². The summed E-state index contributed by atoms with van der Waals surface area (Å²) in [7, 11) is 0. The Morgan fingerprint density at radius 2 is 0.458 bits per heavy atom. The highest BCUT2D eigenvalue weighted by Crippen LogP contribution is 2.28. The van der Waals surface area contributed by atoms with Gasteiger partial charge in [0.2, 0.25) is 0 Å². The summed E-state index contributed by atoms with van der Waals surface area (Å²) in [6.45, 7) is 4.24. The van der Waals surface area contributed by atoms with Crippen molar-refractivity contribution < 1.29 is 0 Å². The molecule has 0 saturated heterocycles. The third-order valence-electron chi connectivity index (χ3n) is 9.25. The van der Waals surface area contributed by atoms with Crippen molar-refractivity contribution in [2.24, 2.45) is 0 Å². The van der Waals surface area contributed by atoms with E-state index < -0.39 is 0 Å². The second-order valence-electron chi connectivity index (χ2n) is 13.0. The molecular formula is C48H36. The molecule has 0 heteroatoms. The standard InChI is InChI=1S/C48H36/c1-33-3-7-35(8-4-33)11-13-37-17-21-41-31-47-27-39(19-23-43(47)29-45(41)25-37)15-16-40-20-24-44-30-46-26-38(18-22-42(46)32-48(44)28-40)14-12-36-9-5-34(2)6-10-36/h3-32H,1-2H3/b13-11+,14-12+,16-15+. The molecule has 0 aromatic heterocycles. The zero-order valence-corrected chi connectivity index (χ0v) is 27.3. The quantitative estimate of drug-likeness (QED) is 0.129. The fraction of sp³-hybridized carbons (Fsp3) is 0.0417. The van der Waals surface area contributed by atoms with Crippen molar-refractivity contribution in [2.45, 2.75) is 13.8 Å². The van der Waals surface area contributed by atoms with Gasteiger partial charge in [0.05, 0.1) is 0 Å². The van der Waals surface area contributed by atoms with Crippen LogP contribution in [0.2, 0.25) is 0 Å². The fourth-order valence-electron chi connectivity index (χ4n) is 6.42. The SMILES string of the molecule is Cc1ccc(/C=C/c2ccc3cc4cc(/C=C/c5ccc6cc7cc(/C=C/c8ccc(C)cc8)ccc7cc6c5)ccc4cc3c2)cc1. The molecule has 0 nitrogen and oxygen atoms in total. The van der Waals surface area contributed by atoms with Gasteiger partial charge in [-0.15, -0.1) is 0 Å². The Morgan fingerprint density at radius 1 is 0.229 bits per heavy atom. The van der Waals surface area contributed by atoms with Crippen LogP contribution in [0.3, 0.4) is 0 Å². The van der Waals surface area contributed by atoms with Crippen molar-refractivity contribution in [1.29, 1.82) is 0 Å². The van der Waals surface area contributed by atoms with E-state index in [4.69, 9.17) is 0 Å². The van der Waals surface area contributed by atoms with E-state index in [0.29, 0.717) is 0 Å². The molecule has 0 atom stereocenters. The normalized spacial score (nSPS) is 12.1. The van der Waals surface area contributed by atoms with Crippen molar-refractivity contribution in [2.75, 3.05) is 0 Å². The van der Waals surface area contributed by atoms with Gasteiger partial charge in [0.25, 0.3) is 0 Å². The van der Waals surface area contributed by atoms with Crippen LogP contribution in [0.15, 0.2) is 146 Å². The lowest BCUT2D eigenvalue weighted by molar-refractivity contribution is 1.46. The van der Waals surface area contributed by atoms with Crippen LogP contribution in [0.25, 0.3) is 79.5 Å². The Morgan fingerprint density at radius 3 is 0.729 bits per heavy atom. The van der Waals surface area contributed by atoms with Crippen molar-refractivity contribution in [3.63, 3.8) is 0 Å². The van der Waals surface area contributed by atoms with Gasteiger partial charge in [-0.1, -0.05) is 145 Å². The molecule has 0 amide bonds. The van der Waals surface area contributed by atoms with Crippen molar-refractivity contribution in [3.05, 3.63) is 190 Å². The Hall–Kier alpha value is -5.98. The summed E-state index contributed by atoms with van der Waals surface area (Å²) in [5, 5.41) is 10.1. The maximum absolute atomic E-state index is 2.31. The number of fused-ring (bicyclic) bond motifs is 4. The molecular weight excluding hydrogens is 577 g/mol. The van der Waals surface area contributed by atoms with E-state index in [1.807, 2.05) is 0 Å². The van der Waals surface area contributed by atoms with E-state index in [0.717, 1.165) is 0 Å². The van der Waals surface area contributed by atoms with Crippen LogP contribution in [-0.4, -0.2) is 0 Å². The summed E-state index contributed by atoms with van der Waals surface area (Å²) in [5.74, 6) is 0. The highest BCUT2D eigenvalue weighted by Gasteiger charge is 2.03. The van der Waals surface area contributed by atoms with E-state index in [9.17, 15) is 0 Å². The Balaban J connectivity index is 1.01. The molecule has 0 spiro atoms. The smallest absolute Gasteiger partial charge is 0.0172 e. The average Bonchev–Trinajstić information content (AvgIpc) is 3.11. The van der Waals surface area contributed by atoms with Gasteiger partial charge in [0.1, 0.15) is 0 Å². The lowest BCUT2D eigenvalue weighted by atomic mass is 9.98. The van der Waals surface area contributed by atoms with Crippen molar-refractivity contribution >= 4 is 79.5 Å². The highest BCUT2D eigenvalue weighted by atomic mass is 14.1. The molecule has 8 aromatic carbocycles. The predicted molar refractivity (Wildman–Crippen MR) is 212 cm³/mol. The lowest BCUT2D eigenvalue weighted by Gasteiger charge is -2.06. The second kappa shape index (κ2) is 12.7. The van der Waals surface area contributed by atoms with E-state index in [2.05, 4.69) is 196 Å². The minimum absolute atomic E-state index is 1.20. The molecule has 0 fully saturated rings. The Bertz CT molecular complexity index is 2360. The number of hydrogen-bond acceptors (Lipinski definition) is 0. The molecule has 48 heavy (non-hydrogen) atoms. The molecule has 0 N–H and O–H groups in total. The van der Waals surface area contributed by atoms with Gasteiger partial charge in [-0.2, -0.15) is 0 Å². The Kier molecular flexibility index (Phi) is 7.76. The second-order valence-corrected chi connectivity index (χ2v) is 13.0. The average molecular weight is 613 g/mol. The minimum atomic E-state index is 1.20. The van der Waals surface area contributed by atoms with Crippen LogP contribution < -0.4 is 0 Å². The van der Waals surface area contributed by atoms with Gasteiger partial charge >= 0.3 is 0 Å². The molecule has 8 rings (SSSR count). The molecule has 0 bridgehead atoms. The van der Waals surface area contributed by atoms with Crippen LogP contribution in [0, 0.1) is 13.8 Å². The van der Waals surface area contributed by atoms with Crippen LogP contribution in [0.5, 0.6) is 0 Å². The number of hydrogen-bond donors (Lipinski definition) is 0. The van der Waals surface area contributed by atoms with Gasteiger partial charge in [0.15, 0.2) is 0 Å². The predicted octanol–water partition coefficient (Wildman–Crippen LogP) is 13.4. The number of aryl methyl sites for hydroxylation is 2. The van der Waals surface area contributed by atoms with E-state index >= 15 is 0 Å². The zero-order valence-electron chi connectivity index (χ0n) is 27.3. The monoisotopic (exact) mass is 612 g/mol. The van der Waals surface area contributed by atoms with Crippen LogP contribution in [-0.2, 0) is 0 Å². The largest absolute Gasteiger partial charge is 0.0587 e. The molecule has 0 unspecified atom stereocenters.